The average molecular weight is 505 g/mol. The van der Waals surface area contributed by atoms with Crippen LogP contribution in [-0.2, 0) is 0 Å². The van der Waals surface area contributed by atoms with Gasteiger partial charge >= 0.3 is 5.97 Å². The van der Waals surface area contributed by atoms with Crippen LogP contribution >= 0.6 is 0 Å². The van der Waals surface area contributed by atoms with Gasteiger partial charge in [-0.05, 0) is 98.1 Å². The monoisotopic (exact) mass is 504 g/mol. The standard InChI is InChI=1S/C33H48N2O2/c1-2-3-4-5-6-7-8-24-9-11-25(12-10-24)26-13-15-27(16-14-26)28-17-19-32(20-18-28)37-33(36)29-21-30(34)23-31(35)22-29/h17-27H,2-16,34-35H2,1H3. The van der Waals surface area contributed by atoms with E-state index in [4.69, 9.17) is 16.2 Å². The Labute approximate surface area is 224 Å². The highest BCUT2D eigenvalue weighted by molar-refractivity contribution is 5.93. The lowest BCUT2D eigenvalue weighted by Gasteiger charge is -2.38. The summed E-state index contributed by atoms with van der Waals surface area (Å²) >= 11 is 0. The molecule has 0 radical (unpaired) electrons. The Hall–Kier alpha value is -2.49. The Morgan fingerprint density at radius 3 is 1.95 bits per heavy atom. The molecule has 202 valence electrons. The van der Waals surface area contributed by atoms with Gasteiger partial charge in [0.2, 0.25) is 0 Å². The Balaban J connectivity index is 1.17. The molecular formula is C33H48N2O2. The smallest absolute Gasteiger partial charge is 0.343 e. The van der Waals surface area contributed by atoms with Gasteiger partial charge < -0.3 is 16.2 Å². The molecule has 2 aromatic carbocycles. The second kappa shape index (κ2) is 13.9. The van der Waals surface area contributed by atoms with Crippen molar-refractivity contribution in [3.05, 3.63) is 53.6 Å². The molecule has 4 rings (SSSR count). The number of anilines is 2. The zero-order valence-electron chi connectivity index (χ0n) is 22.9. The summed E-state index contributed by atoms with van der Waals surface area (Å²) < 4.78 is 5.55. The predicted octanol–water partition coefficient (Wildman–Crippen LogP) is 8.90. The summed E-state index contributed by atoms with van der Waals surface area (Å²) in [6, 6.07) is 12.9. The van der Waals surface area contributed by atoms with Crippen LogP contribution in [0.1, 0.15) is 125 Å². The third-order valence-corrected chi connectivity index (χ3v) is 9.07. The molecule has 0 amide bonds. The number of ether oxygens (including phenoxy) is 1. The fraction of sp³-hybridized carbons (Fsp3) is 0.606. The van der Waals surface area contributed by atoms with E-state index in [1.54, 1.807) is 18.2 Å². The van der Waals surface area contributed by atoms with E-state index >= 15 is 0 Å². The minimum Gasteiger partial charge on any atom is -0.423 e. The second-order valence-electron chi connectivity index (χ2n) is 11.8. The number of benzene rings is 2. The number of nitrogens with two attached hydrogens (primary N) is 2. The largest absolute Gasteiger partial charge is 0.423 e. The van der Waals surface area contributed by atoms with Crippen LogP contribution in [0.4, 0.5) is 11.4 Å². The first kappa shape index (κ1) is 27.5. The maximum atomic E-state index is 12.5. The van der Waals surface area contributed by atoms with E-state index in [2.05, 4.69) is 19.1 Å². The molecule has 0 unspecified atom stereocenters. The quantitative estimate of drug-likeness (QED) is 0.139. The summed E-state index contributed by atoms with van der Waals surface area (Å²) in [6.45, 7) is 2.30. The van der Waals surface area contributed by atoms with Gasteiger partial charge in [0.25, 0.3) is 0 Å². The number of unbranched alkanes of at least 4 members (excludes halogenated alkanes) is 5. The van der Waals surface area contributed by atoms with Crippen molar-refractivity contribution >= 4 is 17.3 Å². The topological polar surface area (TPSA) is 78.3 Å². The average Bonchev–Trinajstić information content (AvgIpc) is 2.91. The summed E-state index contributed by atoms with van der Waals surface area (Å²) in [6.07, 6.45) is 21.2. The molecule has 4 nitrogen and oxygen atoms in total. The van der Waals surface area contributed by atoms with E-state index in [1.165, 1.54) is 102 Å². The number of rotatable bonds is 11. The summed E-state index contributed by atoms with van der Waals surface area (Å²) in [5.74, 6) is 3.64. The number of carbonyl (C=O) groups excluding carboxylic acids is 1. The summed E-state index contributed by atoms with van der Waals surface area (Å²) in [7, 11) is 0. The molecule has 2 aromatic rings. The highest BCUT2D eigenvalue weighted by atomic mass is 16.5. The van der Waals surface area contributed by atoms with Gasteiger partial charge in [-0.25, -0.2) is 4.79 Å². The first-order valence-electron chi connectivity index (χ1n) is 15.0. The highest BCUT2D eigenvalue weighted by Gasteiger charge is 2.31. The van der Waals surface area contributed by atoms with E-state index in [0.717, 1.165) is 17.8 Å². The van der Waals surface area contributed by atoms with Crippen LogP contribution in [0.3, 0.4) is 0 Å². The van der Waals surface area contributed by atoms with Gasteiger partial charge in [0, 0.05) is 11.4 Å². The van der Waals surface area contributed by atoms with Crippen LogP contribution in [0.2, 0.25) is 0 Å². The normalized spacial score (nSPS) is 24.0. The molecule has 0 atom stereocenters. The van der Waals surface area contributed by atoms with Crippen molar-refractivity contribution in [3.63, 3.8) is 0 Å². The van der Waals surface area contributed by atoms with Gasteiger partial charge in [0.05, 0.1) is 5.56 Å². The lowest BCUT2D eigenvalue weighted by molar-refractivity contribution is 0.0735. The van der Waals surface area contributed by atoms with Gasteiger partial charge in [0.15, 0.2) is 0 Å². The zero-order chi connectivity index (χ0) is 26.0. The van der Waals surface area contributed by atoms with Crippen molar-refractivity contribution < 1.29 is 9.53 Å². The molecule has 0 saturated heterocycles. The SMILES string of the molecule is CCCCCCCCC1CCC(C2CCC(c3ccc(OC(=O)c4cc(N)cc(N)c4)cc3)CC2)CC1. The van der Waals surface area contributed by atoms with Gasteiger partial charge in [-0.1, -0.05) is 76.8 Å². The maximum Gasteiger partial charge on any atom is 0.343 e. The molecule has 0 spiro atoms. The van der Waals surface area contributed by atoms with Crippen molar-refractivity contribution in [3.8, 4) is 5.75 Å². The Morgan fingerprint density at radius 2 is 1.32 bits per heavy atom. The molecule has 4 heteroatoms. The number of hydrogen-bond acceptors (Lipinski definition) is 4. The van der Waals surface area contributed by atoms with Crippen LogP contribution in [0.5, 0.6) is 5.75 Å². The summed E-state index contributed by atoms with van der Waals surface area (Å²) in [5, 5.41) is 0. The second-order valence-corrected chi connectivity index (χ2v) is 11.8. The number of nitrogen functional groups attached to an aromatic ring is 2. The van der Waals surface area contributed by atoms with Crippen LogP contribution in [0.15, 0.2) is 42.5 Å². The highest BCUT2D eigenvalue weighted by Crippen LogP contribution is 2.44. The van der Waals surface area contributed by atoms with Gasteiger partial charge in [-0.15, -0.1) is 0 Å². The molecule has 4 N–H and O–H groups in total. The van der Waals surface area contributed by atoms with Crippen molar-refractivity contribution in [2.75, 3.05) is 11.5 Å². The van der Waals surface area contributed by atoms with Crippen molar-refractivity contribution in [2.45, 2.75) is 109 Å². The molecule has 0 aliphatic heterocycles. The lowest BCUT2D eigenvalue weighted by Crippen LogP contribution is -2.25. The first-order valence-corrected chi connectivity index (χ1v) is 15.0. The minimum atomic E-state index is -0.436. The third-order valence-electron chi connectivity index (χ3n) is 9.07. The fourth-order valence-corrected chi connectivity index (χ4v) is 6.85. The molecular weight excluding hydrogens is 456 g/mol. The van der Waals surface area contributed by atoms with Gasteiger partial charge in [-0.2, -0.15) is 0 Å². The maximum absolute atomic E-state index is 12.5. The van der Waals surface area contributed by atoms with Crippen molar-refractivity contribution in [1.82, 2.24) is 0 Å². The summed E-state index contributed by atoms with van der Waals surface area (Å²) in [5.41, 5.74) is 14.3. The van der Waals surface area contributed by atoms with Crippen LogP contribution < -0.4 is 16.2 Å². The van der Waals surface area contributed by atoms with E-state index in [1.807, 2.05) is 12.1 Å². The predicted molar refractivity (Wildman–Crippen MR) is 155 cm³/mol. The molecule has 0 bridgehead atoms. The lowest BCUT2D eigenvalue weighted by atomic mass is 9.68. The Bertz CT molecular complexity index is 950. The molecule has 2 saturated carbocycles. The van der Waals surface area contributed by atoms with Crippen LogP contribution in [0, 0.1) is 17.8 Å². The Kier molecular flexibility index (Phi) is 10.3. The van der Waals surface area contributed by atoms with Gasteiger partial charge in [-0.3, -0.25) is 0 Å². The molecule has 2 aliphatic rings. The number of esters is 1. The first-order chi connectivity index (χ1) is 18.0. The molecule has 2 aliphatic carbocycles. The molecule has 0 heterocycles. The minimum absolute atomic E-state index is 0.372. The van der Waals surface area contributed by atoms with Crippen LogP contribution in [0.25, 0.3) is 0 Å². The van der Waals surface area contributed by atoms with E-state index in [0.29, 0.717) is 28.6 Å². The van der Waals surface area contributed by atoms with Gasteiger partial charge in [0.1, 0.15) is 5.75 Å². The number of carbonyl (C=O) groups is 1. The van der Waals surface area contributed by atoms with Crippen LogP contribution in [-0.4, -0.2) is 5.97 Å². The fourth-order valence-electron chi connectivity index (χ4n) is 6.85. The number of hydrogen-bond donors (Lipinski definition) is 2. The summed E-state index contributed by atoms with van der Waals surface area (Å²) in [4.78, 5) is 12.5. The van der Waals surface area contributed by atoms with E-state index in [-0.39, 0.29) is 0 Å². The molecule has 37 heavy (non-hydrogen) atoms. The molecule has 0 aromatic heterocycles. The third kappa shape index (κ3) is 8.25. The van der Waals surface area contributed by atoms with E-state index < -0.39 is 5.97 Å². The Morgan fingerprint density at radius 1 is 0.757 bits per heavy atom. The van der Waals surface area contributed by atoms with Crippen molar-refractivity contribution in [1.29, 1.82) is 0 Å². The van der Waals surface area contributed by atoms with Crippen molar-refractivity contribution in [2.24, 2.45) is 17.8 Å². The zero-order valence-corrected chi connectivity index (χ0v) is 22.9. The molecule has 2 fully saturated rings. The van der Waals surface area contributed by atoms with E-state index in [9.17, 15) is 4.79 Å².